The first kappa shape index (κ1) is 62.5. The van der Waals surface area contributed by atoms with Crippen molar-refractivity contribution in [3.8, 4) is 22.9 Å². The van der Waals surface area contributed by atoms with E-state index in [0.717, 1.165) is 0 Å². The average Bonchev–Trinajstić information content (AvgIpc) is 3.13. The molecule has 0 aromatic heterocycles. The highest BCUT2D eigenvalue weighted by Gasteiger charge is 2.38. The fraction of sp³-hybridized carbons (Fsp3) is 0.917. The highest BCUT2D eigenvalue weighted by Crippen LogP contribution is 2.38. The summed E-state index contributed by atoms with van der Waals surface area (Å²) in [6.07, 6.45) is -0.521. The first-order chi connectivity index (χ1) is 28.9. The van der Waals surface area contributed by atoms with Gasteiger partial charge in [0.2, 0.25) is 0 Å². The second-order valence-corrected chi connectivity index (χ2v) is 42.2. The second kappa shape index (κ2) is 30.1. The second-order valence-electron chi connectivity index (χ2n) is 22.6. The Morgan fingerprint density at radius 2 is 0.603 bits per heavy atom. The van der Waals surface area contributed by atoms with Crippen molar-refractivity contribution in [3.63, 3.8) is 0 Å². The van der Waals surface area contributed by atoms with Gasteiger partial charge in [-0.3, -0.25) is 0 Å². The van der Waals surface area contributed by atoms with Crippen LogP contribution in [0.4, 0.5) is 0 Å². The van der Waals surface area contributed by atoms with Gasteiger partial charge in [-0.05, 0) is 46.3 Å². The van der Waals surface area contributed by atoms with Crippen molar-refractivity contribution >= 4 is 32.8 Å². The number of hydrogen-bond acceptors (Lipinski definition) is 11. The van der Waals surface area contributed by atoms with Gasteiger partial charge in [0.05, 0.1) is 106 Å². The van der Waals surface area contributed by atoms with Crippen molar-refractivity contribution in [2.75, 3.05) is 119 Å². The summed E-state index contributed by atoms with van der Waals surface area (Å²) < 4.78 is 66.2. The first-order valence-corrected chi connectivity index (χ1v) is 35.2. The zero-order valence-electron chi connectivity index (χ0n) is 44.4. The molecule has 0 aromatic carbocycles. The van der Waals surface area contributed by atoms with Crippen molar-refractivity contribution in [1.29, 1.82) is 0 Å². The Balaban J connectivity index is 5.00. The van der Waals surface area contributed by atoms with Gasteiger partial charge in [0.25, 0.3) is 0 Å². The van der Waals surface area contributed by atoms with Gasteiger partial charge in [0.1, 0.15) is 41.6 Å². The van der Waals surface area contributed by atoms with Crippen molar-refractivity contribution in [1.82, 2.24) is 0 Å². The van der Waals surface area contributed by atoms with E-state index < -0.39 is 32.8 Å². The molecule has 0 heterocycles. The van der Waals surface area contributed by atoms with Crippen LogP contribution >= 0.6 is 0 Å². The summed E-state index contributed by atoms with van der Waals surface area (Å²) in [5.41, 5.74) is 6.97. The van der Waals surface area contributed by atoms with Crippen LogP contribution in [0.15, 0.2) is 0 Å². The SMILES string of the molecule is CC(C)(C)[Si](C)(C)C#CCOCCOCC(COCCOCC#C[Si](C)(C)C(C)(C)C)OCCOCCOC(COCCO[Si](C)(C)C(C)(C)C)COCCO[Si](C)(C)C(C)(C)C. The molecule has 0 aliphatic carbocycles. The maximum atomic E-state index is 6.29. The van der Waals surface area contributed by atoms with Gasteiger partial charge in [0.15, 0.2) is 16.6 Å². The Labute approximate surface area is 392 Å². The third-order valence-electron chi connectivity index (χ3n) is 13.0. The van der Waals surface area contributed by atoms with Crippen molar-refractivity contribution < 1.29 is 51.5 Å². The molecule has 0 saturated heterocycles. The minimum atomic E-state index is -1.84. The van der Waals surface area contributed by atoms with Gasteiger partial charge in [-0.25, -0.2) is 0 Å². The number of rotatable bonds is 32. The lowest BCUT2D eigenvalue weighted by Gasteiger charge is -2.36. The molecule has 0 unspecified atom stereocenters. The van der Waals surface area contributed by atoms with Gasteiger partial charge >= 0.3 is 0 Å². The van der Waals surface area contributed by atoms with Crippen LogP contribution in [0.5, 0.6) is 0 Å². The van der Waals surface area contributed by atoms with E-state index in [1.165, 1.54) is 0 Å². The molecule has 0 bridgehead atoms. The molecule has 0 aliphatic rings. The molecule has 0 saturated carbocycles. The minimum absolute atomic E-state index is 0.151. The predicted molar refractivity (Wildman–Crippen MR) is 271 cm³/mol. The van der Waals surface area contributed by atoms with E-state index >= 15 is 0 Å². The van der Waals surface area contributed by atoms with Crippen LogP contribution in [0.3, 0.4) is 0 Å². The molecule has 0 atom stereocenters. The highest BCUT2D eigenvalue weighted by atomic mass is 28.4. The van der Waals surface area contributed by atoms with Crippen LogP contribution < -0.4 is 0 Å². The van der Waals surface area contributed by atoms with Crippen LogP contribution in [0, 0.1) is 22.9 Å². The van der Waals surface area contributed by atoms with E-state index in [4.69, 9.17) is 51.5 Å². The summed E-state index contributed by atoms with van der Waals surface area (Å²) in [5, 5.41) is 0.746. The Bertz CT molecular complexity index is 1230. The van der Waals surface area contributed by atoms with E-state index in [1.807, 2.05) is 0 Å². The Kier molecular flexibility index (Phi) is 29.9. The van der Waals surface area contributed by atoms with Gasteiger partial charge in [0, 0.05) is 0 Å². The smallest absolute Gasteiger partial charge is 0.192 e. The molecule has 0 N–H and O–H groups in total. The average molecular weight is 964 g/mol. The molecule has 0 fully saturated rings. The van der Waals surface area contributed by atoms with Crippen molar-refractivity contribution in [3.05, 3.63) is 0 Å². The molecule has 0 aromatic rings. The van der Waals surface area contributed by atoms with Crippen LogP contribution in [0.2, 0.25) is 72.5 Å². The fourth-order valence-electron chi connectivity index (χ4n) is 4.31. The quantitative estimate of drug-likeness (QED) is 0.0366. The molecule has 15 heteroatoms. The van der Waals surface area contributed by atoms with Crippen molar-refractivity contribution in [2.45, 2.75) is 168 Å². The molecule has 0 radical (unpaired) electrons. The summed E-state index contributed by atoms with van der Waals surface area (Å²) >= 11 is 0. The lowest BCUT2D eigenvalue weighted by atomic mass is 10.2. The van der Waals surface area contributed by atoms with Gasteiger partial charge in [-0.1, -0.05) is 121 Å². The third-order valence-corrected chi connectivity index (χ3v) is 31.2. The summed E-state index contributed by atoms with van der Waals surface area (Å²) in [7, 11) is -6.97. The van der Waals surface area contributed by atoms with E-state index in [2.05, 4.69) is 158 Å². The Morgan fingerprint density at radius 1 is 0.333 bits per heavy atom. The molecular weight excluding hydrogens is 865 g/mol. The monoisotopic (exact) mass is 963 g/mol. The minimum Gasteiger partial charge on any atom is -0.414 e. The molecule has 0 aliphatic heterocycles. The zero-order valence-corrected chi connectivity index (χ0v) is 48.4. The van der Waals surface area contributed by atoms with E-state index in [-0.39, 0.29) is 32.4 Å². The molecule has 372 valence electrons. The summed E-state index contributed by atoms with van der Waals surface area (Å²) in [4.78, 5) is 0. The van der Waals surface area contributed by atoms with E-state index in [1.54, 1.807) is 0 Å². The third kappa shape index (κ3) is 28.5. The standard InChI is InChI=1S/C48H98O11Si4/c1-45(2,3)60(13,14)37-21-23-49-25-27-52-39-43(40-53-28-26-50-24-22-38-61(15,16)46(4,5)6)56-33-29-51-30-34-57-44(41-54-31-35-58-62(17,18)47(7,8)9)42-55-32-36-59-63(19,20)48(10,11)12/h43-44H,23-36,39-42H2,1-20H3. The Hall–Kier alpha value is -0.452. The molecule has 0 amide bonds. The lowest BCUT2D eigenvalue weighted by molar-refractivity contribution is -0.0939. The maximum Gasteiger partial charge on any atom is 0.192 e. The predicted octanol–water partition coefficient (Wildman–Crippen LogP) is 10.0. The van der Waals surface area contributed by atoms with E-state index in [9.17, 15) is 0 Å². The number of ether oxygens (including phenoxy) is 9. The fourth-order valence-corrected chi connectivity index (χ4v) is 8.14. The van der Waals surface area contributed by atoms with Crippen LogP contribution in [0.1, 0.15) is 83.1 Å². The summed E-state index contributed by atoms with van der Waals surface area (Å²) in [6, 6.07) is 0. The number of hydrogen-bond donors (Lipinski definition) is 0. The Morgan fingerprint density at radius 3 is 0.889 bits per heavy atom. The highest BCUT2D eigenvalue weighted by molar-refractivity contribution is 6.88. The largest absolute Gasteiger partial charge is 0.414 e. The van der Waals surface area contributed by atoms with Gasteiger partial charge in [-0.2, -0.15) is 0 Å². The topological polar surface area (TPSA) is 102 Å². The molecule has 0 rings (SSSR count). The maximum absolute atomic E-state index is 6.29. The molecule has 0 spiro atoms. The van der Waals surface area contributed by atoms with Crippen LogP contribution in [-0.2, 0) is 51.5 Å². The lowest BCUT2D eigenvalue weighted by Crippen LogP contribution is -2.42. The molecule has 11 nitrogen and oxygen atoms in total. The molecular formula is C48H98O11Si4. The van der Waals surface area contributed by atoms with Gasteiger partial charge in [-0.15, -0.1) is 11.1 Å². The van der Waals surface area contributed by atoms with Crippen LogP contribution in [0.25, 0.3) is 0 Å². The zero-order chi connectivity index (χ0) is 48.5. The normalized spacial score (nSPS) is 13.7. The van der Waals surface area contributed by atoms with Gasteiger partial charge < -0.3 is 51.5 Å². The molecule has 63 heavy (non-hydrogen) atoms. The van der Waals surface area contributed by atoms with E-state index in [0.29, 0.717) is 119 Å². The summed E-state index contributed by atoms with van der Waals surface area (Å²) in [6.45, 7) is 53.1. The van der Waals surface area contributed by atoms with Crippen LogP contribution in [-0.4, -0.2) is 164 Å². The van der Waals surface area contributed by atoms with Crippen molar-refractivity contribution in [2.24, 2.45) is 0 Å². The summed E-state index contributed by atoms with van der Waals surface area (Å²) in [5.74, 6) is 6.45. The first-order valence-electron chi connectivity index (χ1n) is 23.4.